The van der Waals surface area contributed by atoms with Crippen molar-refractivity contribution in [1.29, 1.82) is 0 Å². The maximum atomic E-state index is 12.8. The van der Waals surface area contributed by atoms with Crippen LogP contribution in [0.15, 0.2) is 46.9 Å². The summed E-state index contributed by atoms with van der Waals surface area (Å²) in [5.41, 5.74) is 2.33. The Bertz CT molecular complexity index is 586. The molecule has 0 bridgehead atoms. The third-order valence-corrected chi connectivity index (χ3v) is 4.07. The van der Waals surface area contributed by atoms with Gasteiger partial charge in [-0.05, 0) is 71.2 Å². The second kappa shape index (κ2) is 7.57. The topological polar surface area (TPSA) is 21.3 Å². The summed E-state index contributed by atoms with van der Waals surface area (Å²) in [5, 5.41) is 3.47. The molecule has 0 fully saturated rings. The number of rotatable bonds is 6. The number of nitrogens with one attached hydrogen (secondary N) is 1. The van der Waals surface area contributed by atoms with Crippen molar-refractivity contribution in [3.05, 3.63) is 63.9 Å². The quantitative estimate of drug-likeness (QED) is 0.827. The highest BCUT2D eigenvalue weighted by Gasteiger charge is 2.07. The molecule has 4 heteroatoms. The number of hydrogen-bond acceptors (Lipinski definition) is 2. The second-order valence-electron chi connectivity index (χ2n) is 4.95. The van der Waals surface area contributed by atoms with Crippen LogP contribution in [-0.4, -0.2) is 13.7 Å². The molecule has 0 aliphatic carbocycles. The number of ether oxygens (including phenoxy) is 1. The molecule has 0 spiro atoms. The van der Waals surface area contributed by atoms with Gasteiger partial charge >= 0.3 is 0 Å². The van der Waals surface area contributed by atoms with Gasteiger partial charge in [-0.15, -0.1) is 0 Å². The van der Waals surface area contributed by atoms with Gasteiger partial charge in [0.05, 0.1) is 11.6 Å². The van der Waals surface area contributed by atoms with Gasteiger partial charge in [0.2, 0.25) is 0 Å². The van der Waals surface area contributed by atoms with Gasteiger partial charge in [0.1, 0.15) is 11.6 Å². The highest BCUT2D eigenvalue weighted by atomic mass is 79.9. The van der Waals surface area contributed by atoms with E-state index in [-0.39, 0.29) is 11.9 Å². The van der Waals surface area contributed by atoms with E-state index in [0.717, 1.165) is 28.8 Å². The van der Waals surface area contributed by atoms with Crippen molar-refractivity contribution in [2.24, 2.45) is 0 Å². The van der Waals surface area contributed by atoms with Crippen molar-refractivity contribution in [3.63, 3.8) is 0 Å². The van der Waals surface area contributed by atoms with E-state index < -0.39 is 0 Å². The van der Waals surface area contributed by atoms with E-state index >= 15 is 0 Å². The average Bonchev–Trinajstić information content (AvgIpc) is 2.49. The summed E-state index contributed by atoms with van der Waals surface area (Å²) < 4.78 is 19.0. The van der Waals surface area contributed by atoms with Crippen LogP contribution in [0.25, 0.3) is 0 Å². The lowest BCUT2D eigenvalue weighted by molar-refractivity contribution is 0.411. The second-order valence-corrected chi connectivity index (χ2v) is 5.80. The highest BCUT2D eigenvalue weighted by molar-refractivity contribution is 9.10. The molecule has 0 aliphatic heterocycles. The highest BCUT2D eigenvalue weighted by Crippen LogP contribution is 2.27. The molecule has 0 saturated heterocycles. The Morgan fingerprint density at radius 3 is 2.52 bits per heavy atom. The molecule has 1 atom stereocenters. The normalized spacial score (nSPS) is 12.2. The Balaban J connectivity index is 1.88. The lowest BCUT2D eigenvalue weighted by Gasteiger charge is -2.15. The van der Waals surface area contributed by atoms with Crippen LogP contribution in [-0.2, 0) is 6.42 Å². The maximum absolute atomic E-state index is 12.8. The van der Waals surface area contributed by atoms with Crippen LogP contribution in [0.1, 0.15) is 24.1 Å². The van der Waals surface area contributed by atoms with Gasteiger partial charge < -0.3 is 10.1 Å². The number of halogens is 2. The minimum Gasteiger partial charge on any atom is -0.496 e. The predicted molar refractivity (Wildman–Crippen MR) is 87.2 cm³/mol. The maximum Gasteiger partial charge on any atom is 0.133 e. The lowest BCUT2D eigenvalue weighted by Crippen LogP contribution is -2.21. The Hall–Kier alpha value is -1.39. The lowest BCUT2D eigenvalue weighted by atomic mass is 10.1. The van der Waals surface area contributed by atoms with E-state index in [9.17, 15) is 4.39 Å². The summed E-state index contributed by atoms with van der Waals surface area (Å²) in [6.45, 7) is 2.97. The van der Waals surface area contributed by atoms with Crippen LogP contribution in [0.5, 0.6) is 5.75 Å². The summed E-state index contributed by atoms with van der Waals surface area (Å²) in [5.74, 6) is 0.639. The first-order chi connectivity index (χ1) is 10.1. The SMILES string of the molecule is COc1ccc(C(C)NCCc2ccc(F)cc2)cc1Br. The van der Waals surface area contributed by atoms with E-state index in [2.05, 4.69) is 40.3 Å². The van der Waals surface area contributed by atoms with E-state index in [4.69, 9.17) is 4.74 Å². The fraction of sp³-hybridized carbons (Fsp3) is 0.294. The molecule has 2 nitrogen and oxygen atoms in total. The van der Waals surface area contributed by atoms with Gasteiger partial charge in [-0.25, -0.2) is 4.39 Å². The van der Waals surface area contributed by atoms with Gasteiger partial charge in [-0.2, -0.15) is 0 Å². The first-order valence-electron chi connectivity index (χ1n) is 6.91. The van der Waals surface area contributed by atoms with Crippen molar-refractivity contribution >= 4 is 15.9 Å². The zero-order valence-electron chi connectivity index (χ0n) is 12.2. The van der Waals surface area contributed by atoms with Crippen LogP contribution in [0.3, 0.4) is 0 Å². The summed E-state index contributed by atoms with van der Waals surface area (Å²) >= 11 is 3.50. The van der Waals surface area contributed by atoms with E-state index in [1.807, 2.05) is 18.2 Å². The Morgan fingerprint density at radius 1 is 1.19 bits per heavy atom. The van der Waals surface area contributed by atoms with Crippen molar-refractivity contribution in [2.45, 2.75) is 19.4 Å². The minimum absolute atomic E-state index is 0.192. The predicted octanol–water partition coefficient (Wildman–Crippen LogP) is 4.49. The van der Waals surface area contributed by atoms with Gasteiger partial charge in [0.15, 0.2) is 0 Å². The summed E-state index contributed by atoms with van der Waals surface area (Å²) in [6, 6.07) is 13.0. The molecular formula is C17H19BrFNO. The largest absolute Gasteiger partial charge is 0.496 e. The van der Waals surface area contributed by atoms with Gasteiger partial charge in [-0.3, -0.25) is 0 Å². The molecular weight excluding hydrogens is 333 g/mol. The van der Waals surface area contributed by atoms with Gasteiger partial charge in [-0.1, -0.05) is 18.2 Å². The molecule has 2 rings (SSSR count). The van der Waals surface area contributed by atoms with E-state index in [0.29, 0.717) is 0 Å². The Labute approximate surface area is 133 Å². The van der Waals surface area contributed by atoms with Crippen molar-refractivity contribution in [3.8, 4) is 5.75 Å². The number of methoxy groups -OCH3 is 1. The van der Waals surface area contributed by atoms with Crippen LogP contribution < -0.4 is 10.1 Å². The average molecular weight is 352 g/mol. The van der Waals surface area contributed by atoms with Gasteiger partial charge in [0.25, 0.3) is 0 Å². The molecule has 0 heterocycles. The van der Waals surface area contributed by atoms with Crippen LogP contribution in [0.4, 0.5) is 4.39 Å². The summed E-state index contributed by atoms with van der Waals surface area (Å²) in [4.78, 5) is 0. The Kier molecular flexibility index (Phi) is 5.76. The molecule has 1 N–H and O–H groups in total. The van der Waals surface area contributed by atoms with Crippen LogP contribution in [0.2, 0.25) is 0 Å². The van der Waals surface area contributed by atoms with E-state index in [1.165, 1.54) is 17.7 Å². The fourth-order valence-corrected chi connectivity index (χ4v) is 2.71. The molecule has 2 aromatic rings. The van der Waals surface area contributed by atoms with Crippen molar-refractivity contribution in [1.82, 2.24) is 5.32 Å². The third-order valence-electron chi connectivity index (χ3n) is 3.45. The van der Waals surface area contributed by atoms with Crippen molar-refractivity contribution < 1.29 is 9.13 Å². The molecule has 0 amide bonds. The Morgan fingerprint density at radius 2 is 1.90 bits per heavy atom. The molecule has 0 aliphatic rings. The first kappa shape index (κ1) is 16.0. The van der Waals surface area contributed by atoms with Crippen LogP contribution >= 0.6 is 15.9 Å². The summed E-state index contributed by atoms with van der Waals surface area (Å²) in [7, 11) is 1.66. The zero-order chi connectivity index (χ0) is 15.2. The standard InChI is InChI=1S/C17H19BrFNO/c1-12(14-5-8-17(21-2)16(18)11-14)20-10-9-13-3-6-15(19)7-4-13/h3-8,11-12,20H,9-10H2,1-2H3. The molecule has 1 unspecified atom stereocenters. The molecule has 112 valence electrons. The third kappa shape index (κ3) is 4.55. The van der Waals surface area contributed by atoms with Crippen molar-refractivity contribution in [2.75, 3.05) is 13.7 Å². The minimum atomic E-state index is -0.192. The molecule has 2 aromatic carbocycles. The van der Waals surface area contributed by atoms with Crippen LogP contribution in [0, 0.1) is 5.82 Å². The molecule has 21 heavy (non-hydrogen) atoms. The number of hydrogen-bond donors (Lipinski definition) is 1. The smallest absolute Gasteiger partial charge is 0.133 e. The monoisotopic (exact) mass is 351 g/mol. The molecule has 0 aromatic heterocycles. The summed E-state index contributed by atoms with van der Waals surface area (Å²) in [6.07, 6.45) is 0.877. The molecule has 0 radical (unpaired) electrons. The van der Waals surface area contributed by atoms with Gasteiger partial charge in [0, 0.05) is 6.04 Å². The molecule has 0 saturated carbocycles. The van der Waals surface area contributed by atoms with E-state index in [1.54, 1.807) is 7.11 Å². The fourth-order valence-electron chi connectivity index (χ4n) is 2.15. The number of benzene rings is 2. The zero-order valence-corrected chi connectivity index (χ0v) is 13.8. The first-order valence-corrected chi connectivity index (χ1v) is 7.70.